The molecule has 0 saturated carbocycles. The zero-order valence-corrected chi connectivity index (χ0v) is 13.1. The summed E-state index contributed by atoms with van der Waals surface area (Å²) in [6.07, 6.45) is 5.66. The SMILES string of the molecule is CC(C)(C(=O)N1CCO[C@@H](c2nccnc2N)C1)n1cncn1. The van der Waals surface area contributed by atoms with Gasteiger partial charge in [0.2, 0.25) is 5.91 Å². The highest BCUT2D eigenvalue weighted by molar-refractivity contribution is 5.83. The number of nitrogens with two attached hydrogens (primary N) is 1. The lowest BCUT2D eigenvalue weighted by Gasteiger charge is -2.37. The van der Waals surface area contributed by atoms with Gasteiger partial charge in [-0.2, -0.15) is 5.10 Å². The fourth-order valence-electron chi connectivity index (χ4n) is 2.59. The molecular weight excluding hydrogens is 298 g/mol. The molecule has 1 amide bonds. The van der Waals surface area contributed by atoms with Gasteiger partial charge < -0.3 is 15.4 Å². The third kappa shape index (κ3) is 2.87. The molecule has 0 spiro atoms. The van der Waals surface area contributed by atoms with Crippen molar-refractivity contribution in [2.24, 2.45) is 0 Å². The van der Waals surface area contributed by atoms with Gasteiger partial charge in [0.1, 0.15) is 35.8 Å². The van der Waals surface area contributed by atoms with Crippen LogP contribution in [0.4, 0.5) is 5.82 Å². The molecule has 2 N–H and O–H groups in total. The summed E-state index contributed by atoms with van der Waals surface area (Å²) in [5, 5.41) is 4.08. The zero-order chi connectivity index (χ0) is 16.4. The Morgan fingerprint density at radius 2 is 2.17 bits per heavy atom. The van der Waals surface area contributed by atoms with Gasteiger partial charge in [0.15, 0.2) is 0 Å². The van der Waals surface area contributed by atoms with Gasteiger partial charge in [0.25, 0.3) is 0 Å². The van der Waals surface area contributed by atoms with E-state index < -0.39 is 5.54 Å². The Labute approximate surface area is 133 Å². The van der Waals surface area contributed by atoms with Gasteiger partial charge >= 0.3 is 0 Å². The molecule has 9 nitrogen and oxygen atoms in total. The van der Waals surface area contributed by atoms with Crippen LogP contribution in [-0.2, 0) is 15.1 Å². The lowest BCUT2D eigenvalue weighted by molar-refractivity contribution is -0.147. The van der Waals surface area contributed by atoms with Gasteiger partial charge in [-0.05, 0) is 13.8 Å². The normalized spacial score (nSPS) is 18.9. The molecule has 122 valence electrons. The smallest absolute Gasteiger partial charge is 0.250 e. The molecule has 2 aromatic rings. The summed E-state index contributed by atoms with van der Waals surface area (Å²) >= 11 is 0. The maximum absolute atomic E-state index is 12.9. The lowest BCUT2D eigenvalue weighted by Crippen LogP contribution is -2.51. The van der Waals surface area contributed by atoms with Crippen molar-refractivity contribution in [3.05, 3.63) is 30.7 Å². The molecule has 23 heavy (non-hydrogen) atoms. The van der Waals surface area contributed by atoms with Crippen molar-refractivity contribution in [3.8, 4) is 0 Å². The van der Waals surface area contributed by atoms with E-state index >= 15 is 0 Å². The topological polar surface area (TPSA) is 112 Å². The molecule has 1 saturated heterocycles. The van der Waals surface area contributed by atoms with Gasteiger partial charge in [-0.25, -0.2) is 14.6 Å². The number of carbonyl (C=O) groups is 1. The van der Waals surface area contributed by atoms with Crippen LogP contribution >= 0.6 is 0 Å². The molecule has 1 atom stereocenters. The molecule has 1 aliphatic rings. The van der Waals surface area contributed by atoms with E-state index in [2.05, 4.69) is 20.1 Å². The standard InChI is InChI=1S/C14H19N7O2/c1-14(2,21-9-16-8-19-21)13(22)20-5-6-23-10(7-20)11-12(15)18-4-3-17-11/h3-4,8-10H,5-7H2,1-2H3,(H2,15,18)/t10-/m1/s1. The fraction of sp³-hybridized carbons (Fsp3) is 0.500. The van der Waals surface area contributed by atoms with E-state index in [1.807, 2.05) is 13.8 Å². The fourth-order valence-corrected chi connectivity index (χ4v) is 2.59. The van der Waals surface area contributed by atoms with Crippen molar-refractivity contribution < 1.29 is 9.53 Å². The number of carbonyl (C=O) groups excluding carboxylic acids is 1. The second kappa shape index (κ2) is 5.92. The Morgan fingerprint density at radius 3 is 2.87 bits per heavy atom. The van der Waals surface area contributed by atoms with Crippen molar-refractivity contribution >= 4 is 11.7 Å². The minimum absolute atomic E-state index is 0.0567. The van der Waals surface area contributed by atoms with E-state index in [1.54, 1.807) is 15.8 Å². The molecule has 3 rings (SSSR count). The number of rotatable bonds is 3. The number of morpholine rings is 1. The molecule has 0 aromatic carbocycles. The highest BCUT2D eigenvalue weighted by atomic mass is 16.5. The third-order valence-electron chi connectivity index (χ3n) is 3.93. The van der Waals surface area contributed by atoms with Crippen LogP contribution in [0.3, 0.4) is 0 Å². The van der Waals surface area contributed by atoms with Crippen LogP contribution in [0.1, 0.15) is 25.6 Å². The number of hydrogen-bond acceptors (Lipinski definition) is 7. The van der Waals surface area contributed by atoms with Crippen molar-refractivity contribution in [2.45, 2.75) is 25.5 Å². The molecule has 0 unspecified atom stereocenters. The number of anilines is 1. The predicted molar refractivity (Wildman–Crippen MR) is 81.1 cm³/mol. The number of amides is 1. The molecule has 3 heterocycles. The Morgan fingerprint density at radius 1 is 1.39 bits per heavy atom. The van der Waals surface area contributed by atoms with E-state index in [0.29, 0.717) is 31.2 Å². The Bertz CT molecular complexity index is 686. The highest BCUT2D eigenvalue weighted by Crippen LogP contribution is 2.26. The average molecular weight is 317 g/mol. The Kier molecular flexibility index (Phi) is 3.95. The number of aromatic nitrogens is 5. The number of hydrogen-bond donors (Lipinski definition) is 1. The van der Waals surface area contributed by atoms with Gasteiger partial charge in [-0.15, -0.1) is 0 Å². The van der Waals surface area contributed by atoms with Crippen LogP contribution in [0.2, 0.25) is 0 Å². The molecule has 1 fully saturated rings. The number of nitrogens with zero attached hydrogens (tertiary/aromatic N) is 6. The van der Waals surface area contributed by atoms with Gasteiger partial charge in [-0.3, -0.25) is 9.78 Å². The number of ether oxygens (including phenoxy) is 1. The lowest BCUT2D eigenvalue weighted by atomic mass is 10.0. The maximum Gasteiger partial charge on any atom is 0.250 e. The first kappa shape index (κ1) is 15.3. The maximum atomic E-state index is 12.9. The van der Waals surface area contributed by atoms with E-state index in [4.69, 9.17) is 10.5 Å². The van der Waals surface area contributed by atoms with Crippen molar-refractivity contribution in [2.75, 3.05) is 25.4 Å². The van der Waals surface area contributed by atoms with Crippen LogP contribution in [0.15, 0.2) is 25.0 Å². The highest BCUT2D eigenvalue weighted by Gasteiger charge is 2.37. The summed E-state index contributed by atoms with van der Waals surface area (Å²) < 4.78 is 7.27. The van der Waals surface area contributed by atoms with Crippen LogP contribution in [0.5, 0.6) is 0 Å². The zero-order valence-electron chi connectivity index (χ0n) is 13.1. The monoisotopic (exact) mass is 317 g/mol. The van der Waals surface area contributed by atoms with Gasteiger partial charge in [-0.1, -0.05) is 0 Å². The van der Waals surface area contributed by atoms with E-state index in [1.165, 1.54) is 18.9 Å². The average Bonchev–Trinajstić information content (AvgIpc) is 3.10. The van der Waals surface area contributed by atoms with Gasteiger partial charge in [0, 0.05) is 18.9 Å². The molecule has 2 aromatic heterocycles. The van der Waals surface area contributed by atoms with Crippen LogP contribution in [0.25, 0.3) is 0 Å². The minimum atomic E-state index is -0.827. The number of nitrogen functional groups attached to an aromatic ring is 1. The molecule has 1 aliphatic heterocycles. The van der Waals surface area contributed by atoms with Crippen LogP contribution < -0.4 is 5.73 Å². The van der Waals surface area contributed by atoms with Crippen LogP contribution in [-0.4, -0.2) is 55.2 Å². The summed E-state index contributed by atoms with van der Waals surface area (Å²) in [4.78, 5) is 26.8. The van der Waals surface area contributed by atoms with E-state index in [9.17, 15) is 4.79 Å². The Balaban J connectivity index is 1.79. The first-order valence-corrected chi connectivity index (χ1v) is 7.32. The summed E-state index contributed by atoms with van der Waals surface area (Å²) in [6, 6.07) is 0. The van der Waals surface area contributed by atoms with Crippen molar-refractivity contribution in [3.63, 3.8) is 0 Å². The predicted octanol–water partition coefficient (Wildman–Crippen LogP) is -0.0145. The first-order valence-electron chi connectivity index (χ1n) is 7.32. The quantitative estimate of drug-likeness (QED) is 0.847. The summed E-state index contributed by atoms with van der Waals surface area (Å²) in [7, 11) is 0. The Hall–Kier alpha value is -2.55. The van der Waals surface area contributed by atoms with Crippen LogP contribution in [0, 0.1) is 0 Å². The molecule has 9 heteroatoms. The second-order valence-corrected chi connectivity index (χ2v) is 5.84. The van der Waals surface area contributed by atoms with E-state index in [-0.39, 0.29) is 12.0 Å². The molecule has 0 aliphatic carbocycles. The van der Waals surface area contributed by atoms with Crippen molar-refractivity contribution in [1.29, 1.82) is 0 Å². The first-order chi connectivity index (χ1) is 11.0. The molecular formula is C14H19N7O2. The third-order valence-corrected chi connectivity index (χ3v) is 3.93. The summed E-state index contributed by atoms with van der Waals surface area (Å²) in [6.45, 7) is 4.92. The molecule has 0 radical (unpaired) electrons. The molecule has 0 bridgehead atoms. The minimum Gasteiger partial charge on any atom is -0.382 e. The van der Waals surface area contributed by atoms with Crippen molar-refractivity contribution in [1.82, 2.24) is 29.6 Å². The van der Waals surface area contributed by atoms with Gasteiger partial charge in [0.05, 0.1) is 13.2 Å². The summed E-state index contributed by atoms with van der Waals surface area (Å²) in [5.41, 5.74) is 5.59. The largest absolute Gasteiger partial charge is 0.382 e. The second-order valence-electron chi connectivity index (χ2n) is 5.84. The van der Waals surface area contributed by atoms with E-state index in [0.717, 1.165) is 0 Å². The summed E-state index contributed by atoms with van der Waals surface area (Å²) in [5.74, 6) is 0.265.